The van der Waals surface area contributed by atoms with Crippen molar-refractivity contribution in [3.05, 3.63) is 76.3 Å². The largest absolute Gasteiger partial charge is 0.487 e. The van der Waals surface area contributed by atoms with Crippen molar-refractivity contribution >= 4 is 34.0 Å². The van der Waals surface area contributed by atoms with Crippen molar-refractivity contribution in [3.8, 4) is 5.75 Å². The average molecular weight is 408 g/mol. The van der Waals surface area contributed by atoms with Crippen molar-refractivity contribution < 1.29 is 24.0 Å². The number of nitro benzene ring substituents is 1. The molecule has 1 unspecified atom stereocenters. The molecule has 0 saturated heterocycles. The summed E-state index contributed by atoms with van der Waals surface area (Å²) < 4.78 is 10.4. The number of hydrogen-bond donors (Lipinski definition) is 1. The summed E-state index contributed by atoms with van der Waals surface area (Å²) in [6, 6.07) is 16.9. The van der Waals surface area contributed by atoms with Gasteiger partial charge in [-0.15, -0.1) is 0 Å². The van der Waals surface area contributed by atoms with Gasteiger partial charge in [0.05, 0.1) is 17.1 Å². The third-order valence-corrected chi connectivity index (χ3v) is 4.36. The second-order valence-corrected chi connectivity index (χ2v) is 6.47. The number of carbonyl (C=O) groups excluding carboxylic acids is 2. The average Bonchev–Trinajstić information content (AvgIpc) is 2.73. The van der Waals surface area contributed by atoms with Crippen LogP contribution in [0.4, 0.5) is 11.4 Å². The topological polar surface area (TPSA) is 108 Å². The predicted molar refractivity (Wildman–Crippen MR) is 112 cm³/mol. The molecule has 0 fully saturated rings. The number of nitrogens with one attached hydrogen (secondary N) is 1. The van der Waals surface area contributed by atoms with E-state index in [4.69, 9.17) is 9.47 Å². The number of ether oxygens (including phenoxy) is 2. The van der Waals surface area contributed by atoms with Crippen LogP contribution in [0.25, 0.3) is 10.8 Å². The van der Waals surface area contributed by atoms with E-state index in [9.17, 15) is 19.7 Å². The van der Waals surface area contributed by atoms with Crippen LogP contribution in [0.3, 0.4) is 0 Å². The van der Waals surface area contributed by atoms with Gasteiger partial charge in [-0.05, 0) is 48.9 Å². The lowest BCUT2D eigenvalue weighted by molar-refractivity contribution is -0.385. The normalized spacial score (nSPS) is 11.5. The molecule has 0 heterocycles. The van der Waals surface area contributed by atoms with Gasteiger partial charge < -0.3 is 14.8 Å². The van der Waals surface area contributed by atoms with Crippen LogP contribution in [-0.2, 0) is 9.53 Å². The molecule has 3 aromatic rings. The molecule has 0 saturated carbocycles. The molecule has 1 atom stereocenters. The first-order chi connectivity index (χ1) is 14.4. The van der Waals surface area contributed by atoms with E-state index in [1.165, 1.54) is 19.1 Å². The fourth-order valence-corrected chi connectivity index (χ4v) is 2.86. The zero-order valence-corrected chi connectivity index (χ0v) is 16.5. The third-order valence-electron chi connectivity index (χ3n) is 4.36. The Morgan fingerprint density at radius 1 is 1.07 bits per heavy atom. The molecular weight excluding hydrogens is 388 g/mol. The Bertz CT molecular complexity index is 1110. The zero-order valence-electron chi connectivity index (χ0n) is 16.5. The molecule has 0 aliphatic heterocycles. The van der Waals surface area contributed by atoms with Crippen molar-refractivity contribution in [2.24, 2.45) is 0 Å². The molecule has 8 nitrogen and oxygen atoms in total. The standard InChI is InChI=1S/C22H20N2O6/c1-3-29-20-11-9-17(13-19(20)24(27)28)22(26)30-14(2)21(25)23-18-10-8-15-6-4-5-7-16(15)12-18/h4-14H,3H2,1-2H3,(H,23,25). The van der Waals surface area contributed by atoms with Crippen LogP contribution < -0.4 is 10.1 Å². The Kier molecular flexibility index (Phi) is 6.26. The van der Waals surface area contributed by atoms with E-state index in [1.54, 1.807) is 13.0 Å². The lowest BCUT2D eigenvalue weighted by Gasteiger charge is -2.14. The Hall–Kier alpha value is -3.94. The number of anilines is 1. The first-order valence-corrected chi connectivity index (χ1v) is 9.31. The molecule has 0 aromatic heterocycles. The first kappa shape index (κ1) is 20.8. The number of carbonyl (C=O) groups is 2. The van der Waals surface area contributed by atoms with E-state index in [1.807, 2.05) is 36.4 Å². The van der Waals surface area contributed by atoms with E-state index in [2.05, 4.69) is 5.32 Å². The highest BCUT2D eigenvalue weighted by Gasteiger charge is 2.23. The zero-order chi connectivity index (χ0) is 21.7. The minimum atomic E-state index is -1.10. The van der Waals surface area contributed by atoms with Gasteiger partial charge in [-0.2, -0.15) is 0 Å². The van der Waals surface area contributed by atoms with Gasteiger partial charge in [-0.25, -0.2) is 4.79 Å². The molecule has 0 bridgehead atoms. The molecule has 3 aromatic carbocycles. The minimum absolute atomic E-state index is 0.0458. The molecule has 3 rings (SSSR count). The highest BCUT2D eigenvalue weighted by Crippen LogP contribution is 2.28. The smallest absolute Gasteiger partial charge is 0.339 e. The summed E-state index contributed by atoms with van der Waals surface area (Å²) in [6.07, 6.45) is -1.10. The van der Waals surface area contributed by atoms with Crippen molar-refractivity contribution in [1.29, 1.82) is 0 Å². The maximum Gasteiger partial charge on any atom is 0.339 e. The lowest BCUT2D eigenvalue weighted by Crippen LogP contribution is -2.30. The van der Waals surface area contributed by atoms with Crippen LogP contribution in [0, 0.1) is 10.1 Å². The number of amides is 1. The number of hydrogen-bond acceptors (Lipinski definition) is 6. The van der Waals surface area contributed by atoms with Gasteiger partial charge in [0.25, 0.3) is 5.91 Å². The molecule has 8 heteroatoms. The fraction of sp³-hybridized carbons (Fsp3) is 0.182. The first-order valence-electron chi connectivity index (χ1n) is 9.31. The quantitative estimate of drug-likeness (QED) is 0.354. The summed E-state index contributed by atoms with van der Waals surface area (Å²) >= 11 is 0. The van der Waals surface area contributed by atoms with Gasteiger partial charge >= 0.3 is 11.7 Å². The predicted octanol–water partition coefficient (Wildman–Crippen LogP) is 4.33. The van der Waals surface area contributed by atoms with Crippen LogP contribution in [0.15, 0.2) is 60.7 Å². The molecule has 154 valence electrons. The van der Waals surface area contributed by atoms with Crippen molar-refractivity contribution in [3.63, 3.8) is 0 Å². The summed E-state index contributed by atoms with van der Waals surface area (Å²) in [5, 5.41) is 15.9. The monoisotopic (exact) mass is 408 g/mol. The van der Waals surface area contributed by atoms with E-state index in [-0.39, 0.29) is 23.6 Å². The molecule has 30 heavy (non-hydrogen) atoms. The molecule has 0 spiro atoms. The third kappa shape index (κ3) is 4.72. The molecule has 0 aliphatic rings. The molecular formula is C22H20N2O6. The van der Waals surface area contributed by atoms with Gasteiger partial charge in [-0.1, -0.05) is 30.3 Å². The fourth-order valence-electron chi connectivity index (χ4n) is 2.86. The number of esters is 1. The van der Waals surface area contributed by atoms with Crippen molar-refractivity contribution in [1.82, 2.24) is 0 Å². The van der Waals surface area contributed by atoms with Crippen molar-refractivity contribution in [2.45, 2.75) is 20.0 Å². The molecule has 0 aliphatic carbocycles. The summed E-state index contributed by atoms with van der Waals surface area (Å²) in [7, 11) is 0. The summed E-state index contributed by atoms with van der Waals surface area (Å²) in [6.45, 7) is 3.37. The highest BCUT2D eigenvalue weighted by atomic mass is 16.6. The van der Waals surface area contributed by atoms with E-state index < -0.39 is 22.9 Å². The number of fused-ring (bicyclic) bond motifs is 1. The van der Waals surface area contributed by atoms with Gasteiger partial charge in [0.2, 0.25) is 0 Å². The van der Waals surface area contributed by atoms with Gasteiger partial charge in [0.15, 0.2) is 11.9 Å². The van der Waals surface area contributed by atoms with E-state index in [0.29, 0.717) is 5.69 Å². The van der Waals surface area contributed by atoms with Gasteiger partial charge in [-0.3, -0.25) is 14.9 Å². The molecule has 1 amide bonds. The van der Waals surface area contributed by atoms with Crippen LogP contribution in [-0.4, -0.2) is 29.5 Å². The summed E-state index contributed by atoms with van der Waals surface area (Å²) in [4.78, 5) is 35.3. The lowest BCUT2D eigenvalue weighted by atomic mass is 10.1. The maximum absolute atomic E-state index is 12.4. The van der Waals surface area contributed by atoms with Crippen molar-refractivity contribution in [2.75, 3.05) is 11.9 Å². The second-order valence-electron chi connectivity index (χ2n) is 6.47. The SMILES string of the molecule is CCOc1ccc(C(=O)OC(C)C(=O)Nc2ccc3ccccc3c2)cc1[N+](=O)[O-]. The summed E-state index contributed by atoms with van der Waals surface area (Å²) in [5.41, 5.74) is 0.174. The van der Waals surface area contributed by atoms with Crippen LogP contribution >= 0.6 is 0 Å². The van der Waals surface area contributed by atoms with Gasteiger partial charge in [0, 0.05) is 11.8 Å². The molecule has 1 N–H and O–H groups in total. The Balaban J connectivity index is 1.69. The van der Waals surface area contributed by atoms with Crippen LogP contribution in [0.1, 0.15) is 24.2 Å². The van der Waals surface area contributed by atoms with E-state index in [0.717, 1.165) is 16.8 Å². The van der Waals surface area contributed by atoms with E-state index >= 15 is 0 Å². The van der Waals surface area contributed by atoms with Crippen LogP contribution in [0.2, 0.25) is 0 Å². The van der Waals surface area contributed by atoms with Gasteiger partial charge in [0.1, 0.15) is 0 Å². The highest BCUT2D eigenvalue weighted by molar-refractivity contribution is 5.99. The number of rotatable bonds is 7. The Labute approximate surface area is 172 Å². The Morgan fingerprint density at radius 3 is 2.50 bits per heavy atom. The Morgan fingerprint density at radius 2 is 1.80 bits per heavy atom. The number of benzene rings is 3. The minimum Gasteiger partial charge on any atom is -0.487 e. The summed E-state index contributed by atoms with van der Waals surface area (Å²) in [5.74, 6) is -1.30. The maximum atomic E-state index is 12.4. The molecule has 0 radical (unpaired) electrons. The van der Waals surface area contributed by atoms with Crippen LogP contribution in [0.5, 0.6) is 5.75 Å². The second kappa shape index (κ2) is 9.04. The number of nitrogens with zero attached hydrogens (tertiary/aromatic N) is 1. The number of nitro groups is 1.